The second-order valence-electron chi connectivity index (χ2n) is 8.52. The molecule has 0 spiro atoms. The summed E-state index contributed by atoms with van der Waals surface area (Å²) in [7, 11) is 1.60. The van der Waals surface area contributed by atoms with E-state index in [2.05, 4.69) is 35.1 Å². The Bertz CT molecular complexity index is 1320. The number of carbonyl (C=O) groups is 1. The summed E-state index contributed by atoms with van der Waals surface area (Å²) in [6.45, 7) is 4.19. The SMILES string of the molecule is COc1cc(-c2c(C(C)C)nc(O[C@H]3C[C@H](C(=O)O)C3)c3cc4[nH]ncc4cc23)ccn1. The van der Waals surface area contributed by atoms with E-state index in [0.29, 0.717) is 24.6 Å². The Hall–Kier alpha value is -3.68. The van der Waals surface area contributed by atoms with Gasteiger partial charge in [0.25, 0.3) is 0 Å². The van der Waals surface area contributed by atoms with E-state index in [1.54, 1.807) is 19.5 Å². The molecule has 1 saturated carbocycles. The van der Waals surface area contributed by atoms with Gasteiger partial charge >= 0.3 is 5.97 Å². The highest BCUT2D eigenvalue weighted by atomic mass is 16.5. The molecule has 1 aliphatic carbocycles. The van der Waals surface area contributed by atoms with Gasteiger partial charge < -0.3 is 14.6 Å². The predicted octanol–water partition coefficient (Wildman–Crippen LogP) is 4.55. The average Bonchev–Trinajstić information content (AvgIpc) is 3.21. The first-order chi connectivity index (χ1) is 15.4. The summed E-state index contributed by atoms with van der Waals surface area (Å²) in [6.07, 6.45) is 4.35. The molecule has 2 N–H and O–H groups in total. The normalized spacial score (nSPS) is 18.1. The third kappa shape index (κ3) is 3.41. The van der Waals surface area contributed by atoms with E-state index in [4.69, 9.17) is 14.5 Å². The molecule has 0 amide bonds. The van der Waals surface area contributed by atoms with Crippen LogP contribution in [0.25, 0.3) is 32.8 Å². The van der Waals surface area contributed by atoms with Gasteiger partial charge in [0.05, 0.1) is 30.4 Å². The van der Waals surface area contributed by atoms with Crippen molar-refractivity contribution in [2.75, 3.05) is 7.11 Å². The van der Waals surface area contributed by atoms with Gasteiger partial charge in [-0.05, 0) is 47.9 Å². The zero-order valence-corrected chi connectivity index (χ0v) is 18.1. The molecule has 0 aliphatic heterocycles. The fourth-order valence-electron chi connectivity index (χ4n) is 4.25. The zero-order chi connectivity index (χ0) is 22.4. The van der Waals surface area contributed by atoms with Crippen molar-refractivity contribution < 1.29 is 19.4 Å². The van der Waals surface area contributed by atoms with E-state index in [-0.39, 0.29) is 17.9 Å². The van der Waals surface area contributed by atoms with E-state index in [1.807, 2.05) is 18.2 Å². The second kappa shape index (κ2) is 7.78. The molecule has 8 heteroatoms. The van der Waals surface area contributed by atoms with Crippen molar-refractivity contribution >= 4 is 27.6 Å². The highest BCUT2D eigenvalue weighted by Crippen LogP contribution is 2.42. The number of ether oxygens (including phenoxy) is 2. The average molecular weight is 432 g/mol. The van der Waals surface area contributed by atoms with Gasteiger partial charge in [0.1, 0.15) is 6.10 Å². The van der Waals surface area contributed by atoms with Gasteiger partial charge in [-0.1, -0.05) is 13.8 Å². The number of fused-ring (bicyclic) bond motifs is 2. The standard InChI is InChI=1S/C24H24N4O4/c1-12(2)22-21(13-4-5-25-20(9-13)31-3)17-8-15-11-26-28-19(15)10-18(17)23(27-22)32-16-6-14(7-16)24(29)30/h4-5,8-12,14,16H,6-7H2,1-3H3,(H,26,28)(H,29,30)/t14-,16-. The number of nitrogens with one attached hydrogen (secondary N) is 1. The molecule has 32 heavy (non-hydrogen) atoms. The summed E-state index contributed by atoms with van der Waals surface area (Å²) in [5.41, 5.74) is 3.75. The maximum Gasteiger partial charge on any atom is 0.306 e. The molecule has 0 unspecified atom stereocenters. The van der Waals surface area contributed by atoms with E-state index in [0.717, 1.165) is 38.5 Å². The molecular weight excluding hydrogens is 408 g/mol. The number of aliphatic carboxylic acids is 1. The van der Waals surface area contributed by atoms with Crippen molar-refractivity contribution in [1.82, 2.24) is 20.2 Å². The number of hydrogen-bond acceptors (Lipinski definition) is 6. The number of benzene rings is 1. The number of methoxy groups -OCH3 is 1. The molecule has 0 atom stereocenters. The summed E-state index contributed by atoms with van der Waals surface area (Å²) in [6, 6.07) is 7.96. The molecule has 164 valence electrons. The third-order valence-corrected chi connectivity index (χ3v) is 6.06. The number of carboxylic acid groups (broad SMARTS) is 1. The third-order valence-electron chi connectivity index (χ3n) is 6.06. The van der Waals surface area contributed by atoms with Crippen LogP contribution in [0.1, 0.15) is 38.3 Å². The summed E-state index contributed by atoms with van der Waals surface area (Å²) < 4.78 is 11.6. The van der Waals surface area contributed by atoms with Crippen molar-refractivity contribution in [1.29, 1.82) is 0 Å². The van der Waals surface area contributed by atoms with Crippen LogP contribution >= 0.6 is 0 Å². The van der Waals surface area contributed by atoms with Crippen LogP contribution in [0.2, 0.25) is 0 Å². The van der Waals surface area contributed by atoms with E-state index in [1.165, 1.54) is 0 Å². The van der Waals surface area contributed by atoms with Gasteiger partial charge in [-0.25, -0.2) is 9.97 Å². The first-order valence-electron chi connectivity index (χ1n) is 10.6. The van der Waals surface area contributed by atoms with Crippen molar-refractivity contribution in [3.8, 4) is 22.9 Å². The zero-order valence-electron chi connectivity index (χ0n) is 18.1. The lowest BCUT2D eigenvalue weighted by atomic mass is 9.82. The van der Waals surface area contributed by atoms with Crippen LogP contribution in [-0.2, 0) is 4.79 Å². The highest BCUT2D eigenvalue weighted by Gasteiger charge is 2.37. The van der Waals surface area contributed by atoms with Crippen LogP contribution in [0.4, 0.5) is 0 Å². The monoisotopic (exact) mass is 432 g/mol. The number of carboxylic acids is 1. The summed E-state index contributed by atoms with van der Waals surface area (Å²) >= 11 is 0. The smallest absolute Gasteiger partial charge is 0.306 e. The maximum absolute atomic E-state index is 11.2. The van der Waals surface area contributed by atoms with E-state index in [9.17, 15) is 9.90 Å². The largest absolute Gasteiger partial charge is 0.481 e. The first kappa shape index (κ1) is 20.2. The molecule has 5 rings (SSSR count). The van der Waals surface area contributed by atoms with Gasteiger partial charge in [0, 0.05) is 28.6 Å². The lowest BCUT2D eigenvalue weighted by Crippen LogP contribution is -2.38. The molecule has 0 saturated heterocycles. The van der Waals surface area contributed by atoms with E-state index >= 15 is 0 Å². The Labute approximate surface area is 184 Å². The van der Waals surface area contributed by atoms with Gasteiger partial charge in [-0.3, -0.25) is 9.89 Å². The molecule has 8 nitrogen and oxygen atoms in total. The van der Waals surface area contributed by atoms with Crippen LogP contribution < -0.4 is 9.47 Å². The molecule has 1 aromatic carbocycles. The fraction of sp³-hybridized carbons (Fsp3) is 0.333. The van der Waals surface area contributed by atoms with Gasteiger partial charge in [-0.2, -0.15) is 5.10 Å². The summed E-state index contributed by atoms with van der Waals surface area (Å²) in [5, 5.41) is 19.2. The summed E-state index contributed by atoms with van der Waals surface area (Å²) in [4.78, 5) is 20.4. The Kier molecular flexibility index (Phi) is 4.92. The Balaban J connectivity index is 1.72. The first-order valence-corrected chi connectivity index (χ1v) is 10.6. The molecule has 3 aromatic heterocycles. The number of nitrogens with zero attached hydrogens (tertiary/aromatic N) is 3. The molecule has 4 aromatic rings. The number of aromatic nitrogens is 4. The van der Waals surface area contributed by atoms with Gasteiger partial charge in [0.15, 0.2) is 0 Å². The molecule has 1 aliphatic rings. The lowest BCUT2D eigenvalue weighted by molar-refractivity contribution is -0.148. The van der Waals surface area contributed by atoms with E-state index < -0.39 is 5.97 Å². The van der Waals surface area contributed by atoms with Crippen molar-refractivity contribution in [2.45, 2.75) is 38.7 Å². The second-order valence-corrected chi connectivity index (χ2v) is 8.52. The minimum atomic E-state index is -0.772. The number of rotatable bonds is 6. The minimum Gasteiger partial charge on any atom is -0.481 e. The fourth-order valence-corrected chi connectivity index (χ4v) is 4.25. The quantitative estimate of drug-likeness (QED) is 0.460. The molecule has 3 heterocycles. The van der Waals surface area contributed by atoms with Crippen LogP contribution in [0.5, 0.6) is 11.8 Å². The molecular formula is C24H24N4O4. The van der Waals surface area contributed by atoms with Crippen LogP contribution in [-0.4, -0.2) is 44.5 Å². The van der Waals surface area contributed by atoms with Crippen LogP contribution in [0.3, 0.4) is 0 Å². The van der Waals surface area contributed by atoms with Crippen LogP contribution in [0.15, 0.2) is 36.7 Å². The Morgan fingerprint density at radius 2 is 2.03 bits per heavy atom. The summed E-state index contributed by atoms with van der Waals surface area (Å²) in [5.74, 6) is 0.0672. The Morgan fingerprint density at radius 3 is 2.75 bits per heavy atom. The maximum atomic E-state index is 11.2. The Morgan fingerprint density at radius 1 is 1.22 bits per heavy atom. The van der Waals surface area contributed by atoms with Crippen molar-refractivity contribution in [3.05, 3.63) is 42.4 Å². The van der Waals surface area contributed by atoms with Crippen molar-refractivity contribution in [3.63, 3.8) is 0 Å². The van der Waals surface area contributed by atoms with Gasteiger partial charge in [-0.15, -0.1) is 0 Å². The molecule has 0 radical (unpaired) electrons. The predicted molar refractivity (Wildman–Crippen MR) is 120 cm³/mol. The van der Waals surface area contributed by atoms with Crippen molar-refractivity contribution in [2.24, 2.45) is 5.92 Å². The number of hydrogen-bond donors (Lipinski definition) is 2. The molecule has 1 fully saturated rings. The highest BCUT2D eigenvalue weighted by molar-refractivity contribution is 6.06. The number of aromatic amines is 1. The number of H-pyrrole nitrogens is 1. The lowest BCUT2D eigenvalue weighted by Gasteiger charge is -2.32. The topological polar surface area (TPSA) is 110 Å². The van der Waals surface area contributed by atoms with Crippen LogP contribution in [0, 0.1) is 5.92 Å². The van der Waals surface area contributed by atoms with Gasteiger partial charge in [0.2, 0.25) is 11.8 Å². The molecule has 0 bridgehead atoms. The number of pyridine rings is 2. The minimum absolute atomic E-state index is 0.129.